The number of benzene rings is 2. The highest BCUT2D eigenvalue weighted by atomic mass is 35.5. The predicted molar refractivity (Wildman–Crippen MR) is 106 cm³/mol. The molecule has 8 heteroatoms. The van der Waals surface area contributed by atoms with Crippen molar-refractivity contribution in [2.24, 2.45) is 7.05 Å². The molecule has 0 spiro atoms. The first kappa shape index (κ1) is 19.4. The molecular formula is C20H19ClN4O3. The number of aryl methyl sites for hydroxylation is 1. The molecule has 0 saturated heterocycles. The monoisotopic (exact) mass is 398 g/mol. The van der Waals surface area contributed by atoms with Gasteiger partial charge >= 0.3 is 0 Å². The van der Waals surface area contributed by atoms with Crippen molar-refractivity contribution < 1.29 is 14.3 Å². The lowest BCUT2D eigenvalue weighted by Crippen LogP contribution is -2.32. The molecule has 3 aromatic rings. The zero-order chi connectivity index (χ0) is 19.9. The molecule has 28 heavy (non-hydrogen) atoms. The minimum atomic E-state index is -0.404. The number of rotatable bonds is 7. The lowest BCUT2D eigenvalue weighted by atomic mass is 10.2. The molecule has 2 N–H and O–H groups in total. The van der Waals surface area contributed by atoms with Gasteiger partial charge < -0.3 is 19.9 Å². The molecule has 0 aliphatic heterocycles. The Morgan fingerprint density at radius 3 is 2.57 bits per heavy atom. The Kier molecular flexibility index (Phi) is 6.29. The Morgan fingerprint density at radius 2 is 1.89 bits per heavy atom. The quantitative estimate of drug-likeness (QED) is 0.640. The van der Waals surface area contributed by atoms with Crippen molar-refractivity contribution in [2.75, 3.05) is 11.9 Å². The molecule has 0 fully saturated rings. The molecule has 0 unspecified atom stereocenters. The van der Waals surface area contributed by atoms with Crippen molar-refractivity contribution in [1.82, 2.24) is 14.9 Å². The minimum Gasteiger partial charge on any atom is -0.486 e. The summed E-state index contributed by atoms with van der Waals surface area (Å²) in [7, 11) is 1.90. The summed E-state index contributed by atoms with van der Waals surface area (Å²) in [6.07, 6.45) is 3.56. The van der Waals surface area contributed by atoms with Crippen molar-refractivity contribution in [1.29, 1.82) is 0 Å². The number of nitrogens with zero attached hydrogens (tertiary/aromatic N) is 2. The Labute approximate surface area is 167 Å². The highest BCUT2D eigenvalue weighted by molar-refractivity contribution is 6.33. The Hall–Kier alpha value is -3.32. The molecule has 0 saturated carbocycles. The lowest BCUT2D eigenvalue weighted by Gasteiger charge is -2.09. The summed E-state index contributed by atoms with van der Waals surface area (Å²) in [5.74, 6) is 0.723. The summed E-state index contributed by atoms with van der Waals surface area (Å²) in [5, 5.41) is 5.59. The van der Waals surface area contributed by atoms with Crippen LogP contribution < -0.4 is 15.4 Å². The van der Waals surface area contributed by atoms with Gasteiger partial charge in [-0.2, -0.15) is 0 Å². The first-order valence-corrected chi connectivity index (χ1v) is 8.92. The molecule has 0 aliphatic carbocycles. The van der Waals surface area contributed by atoms with E-state index in [4.69, 9.17) is 16.3 Å². The molecule has 2 amide bonds. The van der Waals surface area contributed by atoms with Crippen LogP contribution in [0.5, 0.6) is 5.75 Å². The summed E-state index contributed by atoms with van der Waals surface area (Å²) in [6.45, 7) is 0.185. The second-order valence-electron chi connectivity index (χ2n) is 5.98. The van der Waals surface area contributed by atoms with Crippen molar-refractivity contribution in [3.8, 4) is 5.75 Å². The molecule has 1 heterocycles. The van der Waals surface area contributed by atoms with Crippen molar-refractivity contribution in [2.45, 2.75) is 6.61 Å². The van der Waals surface area contributed by atoms with Crippen molar-refractivity contribution in [3.63, 3.8) is 0 Å². The molecule has 144 valence electrons. The number of halogens is 1. The first-order chi connectivity index (χ1) is 13.5. The molecule has 0 atom stereocenters. The highest BCUT2D eigenvalue weighted by Gasteiger charge is 2.11. The third-order valence-corrected chi connectivity index (χ3v) is 4.28. The van der Waals surface area contributed by atoms with E-state index in [0.717, 1.165) is 5.82 Å². The van der Waals surface area contributed by atoms with Gasteiger partial charge in [0, 0.05) is 25.1 Å². The van der Waals surface area contributed by atoms with E-state index in [0.29, 0.717) is 28.6 Å². The zero-order valence-electron chi connectivity index (χ0n) is 15.2. The number of ether oxygens (including phenoxy) is 1. The van der Waals surface area contributed by atoms with Gasteiger partial charge in [0.05, 0.1) is 17.1 Å². The number of aromatic nitrogens is 2. The number of anilines is 1. The van der Waals surface area contributed by atoms with E-state index < -0.39 is 5.91 Å². The van der Waals surface area contributed by atoms with Crippen LogP contribution in [0, 0.1) is 0 Å². The van der Waals surface area contributed by atoms with Gasteiger partial charge in [-0.1, -0.05) is 23.7 Å². The smallest absolute Gasteiger partial charge is 0.253 e. The van der Waals surface area contributed by atoms with Crippen LogP contribution in [0.25, 0.3) is 0 Å². The molecule has 0 radical (unpaired) electrons. The van der Waals surface area contributed by atoms with Gasteiger partial charge in [-0.15, -0.1) is 0 Å². The third kappa shape index (κ3) is 5.11. The number of carbonyl (C=O) groups excluding carboxylic acids is 2. The van der Waals surface area contributed by atoms with E-state index in [9.17, 15) is 9.59 Å². The number of hydrogen-bond donors (Lipinski definition) is 2. The van der Waals surface area contributed by atoms with E-state index in [-0.39, 0.29) is 12.5 Å². The number of nitrogens with one attached hydrogen (secondary N) is 2. The Balaban J connectivity index is 1.47. The largest absolute Gasteiger partial charge is 0.486 e. The number of amides is 2. The van der Waals surface area contributed by atoms with Crippen LogP contribution in [-0.4, -0.2) is 27.9 Å². The van der Waals surface area contributed by atoms with Gasteiger partial charge in [0.25, 0.3) is 5.91 Å². The average molecular weight is 399 g/mol. The standard InChI is InChI=1S/C20H19ClN4O3/c1-25-11-10-22-18(25)13-28-15-8-6-14(7-9-15)24-19(26)12-23-20(27)16-4-2-3-5-17(16)21/h2-11H,12-13H2,1H3,(H,23,27)(H,24,26). The summed E-state index contributed by atoms with van der Waals surface area (Å²) in [5.41, 5.74) is 0.924. The fourth-order valence-corrected chi connectivity index (χ4v) is 2.65. The third-order valence-electron chi connectivity index (χ3n) is 3.95. The highest BCUT2D eigenvalue weighted by Crippen LogP contribution is 2.17. The maximum Gasteiger partial charge on any atom is 0.253 e. The summed E-state index contributed by atoms with van der Waals surface area (Å²) >= 11 is 5.97. The van der Waals surface area contributed by atoms with Crippen LogP contribution in [0.1, 0.15) is 16.2 Å². The number of carbonyl (C=O) groups is 2. The lowest BCUT2D eigenvalue weighted by molar-refractivity contribution is -0.115. The van der Waals surface area contributed by atoms with Gasteiger partial charge in [-0.25, -0.2) is 4.98 Å². The molecule has 0 aliphatic rings. The van der Waals surface area contributed by atoms with Crippen LogP contribution in [0.3, 0.4) is 0 Å². The molecule has 1 aromatic heterocycles. The molecule has 2 aromatic carbocycles. The predicted octanol–water partition coefficient (Wildman–Crippen LogP) is 3.02. The second kappa shape index (κ2) is 9.05. The van der Waals surface area contributed by atoms with E-state index in [2.05, 4.69) is 15.6 Å². The summed E-state index contributed by atoms with van der Waals surface area (Å²) in [4.78, 5) is 28.3. The van der Waals surface area contributed by atoms with Gasteiger partial charge in [-0.05, 0) is 36.4 Å². The second-order valence-corrected chi connectivity index (χ2v) is 6.39. The Bertz CT molecular complexity index is 970. The number of hydrogen-bond acceptors (Lipinski definition) is 4. The van der Waals surface area contributed by atoms with Crippen LogP contribution in [0.4, 0.5) is 5.69 Å². The molecule has 3 rings (SSSR count). The average Bonchev–Trinajstić information content (AvgIpc) is 3.11. The van der Waals surface area contributed by atoms with Crippen molar-refractivity contribution >= 4 is 29.1 Å². The summed E-state index contributed by atoms with van der Waals surface area (Å²) < 4.78 is 7.55. The fourth-order valence-electron chi connectivity index (χ4n) is 2.42. The number of imidazole rings is 1. The van der Waals surface area contributed by atoms with Crippen LogP contribution in [0.15, 0.2) is 60.9 Å². The van der Waals surface area contributed by atoms with Gasteiger partial charge in [0.15, 0.2) is 0 Å². The molecule has 0 bridgehead atoms. The van der Waals surface area contributed by atoms with E-state index in [1.165, 1.54) is 0 Å². The molecular weight excluding hydrogens is 380 g/mol. The fraction of sp³-hybridized carbons (Fsp3) is 0.150. The zero-order valence-corrected chi connectivity index (χ0v) is 15.9. The first-order valence-electron chi connectivity index (χ1n) is 8.54. The van der Waals surface area contributed by atoms with Gasteiger partial charge in [0.1, 0.15) is 18.2 Å². The topological polar surface area (TPSA) is 85.2 Å². The van der Waals surface area contributed by atoms with E-state index >= 15 is 0 Å². The van der Waals surface area contributed by atoms with Gasteiger partial charge in [0.2, 0.25) is 5.91 Å². The SMILES string of the molecule is Cn1ccnc1COc1ccc(NC(=O)CNC(=O)c2ccccc2Cl)cc1. The minimum absolute atomic E-state index is 0.165. The normalized spacial score (nSPS) is 10.4. The molecule has 7 nitrogen and oxygen atoms in total. The van der Waals surface area contributed by atoms with Crippen LogP contribution in [0.2, 0.25) is 5.02 Å². The summed E-state index contributed by atoms with van der Waals surface area (Å²) in [6, 6.07) is 13.6. The maximum absolute atomic E-state index is 12.1. The maximum atomic E-state index is 12.1. The van der Waals surface area contributed by atoms with Gasteiger partial charge in [-0.3, -0.25) is 9.59 Å². The van der Waals surface area contributed by atoms with Crippen LogP contribution in [-0.2, 0) is 18.4 Å². The Morgan fingerprint density at radius 1 is 1.14 bits per heavy atom. The van der Waals surface area contributed by atoms with E-state index in [1.54, 1.807) is 54.7 Å². The van der Waals surface area contributed by atoms with Crippen molar-refractivity contribution in [3.05, 3.63) is 77.3 Å². The van der Waals surface area contributed by atoms with Crippen LogP contribution >= 0.6 is 11.6 Å². The van der Waals surface area contributed by atoms with E-state index in [1.807, 2.05) is 17.8 Å².